The van der Waals surface area contributed by atoms with Gasteiger partial charge in [0.05, 0.1) is 30.6 Å². The van der Waals surface area contributed by atoms with Crippen molar-refractivity contribution >= 4 is 34.6 Å². The van der Waals surface area contributed by atoms with E-state index < -0.39 is 0 Å². The molecule has 6 nitrogen and oxygen atoms in total. The second-order valence-electron chi connectivity index (χ2n) is 9.88. The number of hydrogen-bond donors (Lipinski definition) is 1. The molecule has 5 aromatic rings. The van der Waals surface area contributed by atoms with Crippen molar-refractivity contribution in [2.24, 2.45) is 0 Å². The maximum atomic E-state index is 6.43. The number of anilines is 1. The number of benzene rings is 3. The Morgan fingerprint density at radius 2 is 1.61 bits per heavy atom. The van der Waals surface area contributed by atoms with E-state index in [1.807, 2.05) is 97.2 Å². The lowest BCUT2D eigenvalue weighted by Gasteiger charge is -2.28. The summed E-state index contributed by atoms with van der Waals surface area (Å²) in [7, 11) is 1.67. The number of ether oxygens (including phenoxy) is 2. The standard InChI is InChI=1S/C33H29ClN4O2S/c1-21-19-27(22(2)37(21)29-20-23(34)12-17-30(29)39-3)32-31(28-11-7-8-18-35-28)36-33(41)38(32)24-13-15-26(16-14-24)40-25-9-5-4-6-10-25/h4-20,31-32H,1-3H3,(H,36,41). The van der Waals surface area contributed by atoms with Crippen LogP contribution < -0.4 is 19.7 Å². The summed E-state index contributed by atoms with van der Waals surface area (Å²) < 4.78 is 13.9. The number of nitrogens with one attached hydrogen (secondary N) is 1. The molecule has 1 aliphatic heterocycles. The van der Waals surface area contributed by atoms with E-state index in [0.29, 0.717) is 10.1 Å². The Morgan fingerprint density at radius 1 is 0.878 bits per heavy atom. The predicted molar refractivity (Wildman–Crippen MR) is 168 cm³/mol. The van der Waals surface area contributed by atoms with Gasteiger partial charge in [-0.2, -0.15) is 0 Å². The Kier molecular flexibility index (Phi) is 7.39. The Morgan fingerprint density at radius 3 is 2.32 bits per heavy atom. The van der Waals surface area contributed by atoms with Crippen LogP contribution in [0.1, 0.15) is 34.7 Å². The fourth-order valence-electron chi connectivity index (χ4n) is 5.54. The van der Waals surface area contributed by atoms with Crippen molar-refractivity contribution in [1.29, 1.82) is 0 Å². The summed E-state index contributed by atoms with van der Waals surface area (Å²) in [6.45, 7) is 4.21. The van der Waals surface area contributed by atoms with E-state index >= 15 is 0 Å². The molecule has 0 aliphatic carbocycles. The number of aromatic nitrogens is 2. The van der Waals surface area contributed by atoms with E-state index in [4.69, 9.17) is 38.3 Å². The van der Waals surface area contributed by atoms with Gasteiger partial charge in [0.15, 0.2) is 5.11 Å². The van der Waals surface area contributed by atoms with Crippen LogP contribution in [0, 0.1) is 13.8 Å². The third-order valence-corrected chi connectivity index (χ3v) is 7.91. The zero-order valence-electron chi connectivity index (χ0n) is 22.9. The molecular weight excluding hydrogens is 552 g/mol. The van der Waals surface area contributed by atoms with Crippen molar-refractivity contribution < 1.29 is 9.47 Å². The SMILES string of the molecule is COc1ccc(Cl)cc1-n1c(C)cc(C2C(c3ccccn3)NC(=S)N2c2ccc(Oc3ccccc3)cc2)c1C. The molecule has 1 N–H and O–H groups in total. The average Bonchev–Trinajstić information content (AvgIpc) is 3.49. The molecule has 1 saturated heterocycles. The molecule has 206 valence electrons. The summed E-state index contributed by atoms with van der Waals surface area (Å²) >= 11 is 12.4. The third-order valence-electron chi connectivity index (χ3n) is 7.36. The van der Waals surface area contributed by atoms with Gasteiger partial charge in [-0.05, 0) is 104 Å². The van der Waals surface area contributed by atoms with E-state index in [1.54, 1.807) is 7.11 Å². The minimum absolute atomic E-state index is 0.163. The van der Waals surface area contributed by atoms with E-state index in [2.05, 4.69) is 34.7 Å². The Balaban J connectivity index is 1.44. The number of aryl methyl sites for hydroxylation is 1. The molecule has 3 aromatic carbocycles. The molecule has 0 spiro atoms. The Hall–Kier alpha value is -4.33. The van der Waals surface area contributed by atoms with Crippen molar-refractivity contribution in [3.8, 4) is 22.9 Å². The lowest BCUT2D eigenvalue weighted by Crippen LogP contribution is -2.29. The largest absolute Gasteiger partial charge is 0.495 e. The third kappa shape index (κ3) is 5.14. The van der Waals surface area contributed by atoms with Gasteiger partial charge >= 0.3 is 0 Å². The molecule has 2 unspecified atom stereocenters. The highest BCUT2D eigenvalue weighted by atomic mass is 35.5. The molecule has 1 aliphatic rings. The van der Waals surface area contributed by atoms with Gasteiger partial charge in [-0.3, -0.25) is 4.98 Å². The van der Waals surface area contributed by atoms with E-state index in [0.717, 1.165) is 51.3 Å². The van der Waals surface area contributed by atoms with Crippen LogP contribution in [0.5, 0.6) is 17.2 Å². The zero-order chi connectivity index (χ0) is 28.5. The first-order valence-corrected chi connectivity index (χ1v) is 14.1. The summed E-state index contributed by atoms with van der Waals surface area (Å²) in [6.07, 6.45) is 1.82. The van der Waals surface area contributed by atoms with Gasteiger partial charge in [0.25, 0.3) is 0 Å². The number of hydrogen-bond acceptors (Lipinski definition) is 4. The highest BCUT2D eigenvalue weighted by molar-refractivity contribution is 7.80. The molecule has 3 heterocycles. The van der Waals surface area contributed by atoms with Crippen LogP contribution in [0.25, 0.3) is 5.69 Å². The molecular formula is C33H29ClN4O2S. The van der Waals surface area contributed by atoms with Crippen LogP contribution in [-0.4, -0.2) is 21.8 Å². The summed E-state index contributed by atoms with van der Waals surface area (Å²) in [6, 6.07) is 31.3. The minimum atomic E-state index is -0.167. The highest BCUT2D eigenvalue weighted by Crippen LogP contribution is 2.44. The van der Waals surface area contributed by atoms with Gasteiger partial charge in [-0.25, -0.2) is 0 Å². The zero-order valence-corrected chi connectivity index (χ0v) is 24.5. The van der Waals surface area contributed by atoms with Gasteiger partial charge in [-0.1, -0.05) is 35.9 Å². The number of nitrogens with zero attached hydrogens (tertiary/aromatic N) is 3. The first-order valence-electron chi connectivity index (χ1n) is 13.3. The molecule has 0 bridgehead atoms. The fraction of sp³-hybridized carbons (Fsp3) is 0.152. The Bertz CT molecular complexity index is 1690. The molecule has 0 radical (unpaired) electrons. The summed E-state index contributed by atoms with van der Waals surface area (Å²) in [5, 5.41) is 4.83. The van der Waals surface area contributed by atoms with Crippen LogP contribution in [-0.2, 0) is 0 Å². The summed E-state index contributed by atoms with van der Waals surface area (Å²) in [5.41, 5.74) is 6.00. The molecule has 2 atom stereocenters. The molecule has 2 aromatic heterocycles. The van der Waals surface area contributed by atoms with Crippen molar-refractivity contribution in [2.45, 2.75) is 25.9 Å². The van der Waals surface area contributed by atoms with Crippen LogP contribution in [0.2, 0.25) is 5.02 Å². The number of pyridine rings is 1. The van der Waals surface area contributed by atoms with Gasteiger partial charge < -0.3 is 24.3 Å². The second kappa shape index (κ2) is 11.3. The topological polar surface area (TPSA) is 51.5 Å². The molecule has 8 heteroatoms. The average molecular weight is 581 g/mol. The number of methoxy groups -OCH3 is 1. The number of thiocarbonyl (C=S) groups is 1. The van der Waals surface area contributed by atoms with Gasteiger partial charge in [-0.15, -0.1) is 0 Å². The molecule has 6 rings (SSSR count). The maximum Gasteiger partial charge on any atom is 0.174 e. The van der Waals surface area contributed by atoms with Crippen LogP contribution in [0.15, 0.2) is 103 Å². The predicted octanol–water partition coefficient (Wildman–Crippen LogP) is 8.12. The number of rotatable bonds is 7. The lowest BCUT2D eigenvalue weighted by molar-refractivity contribution is 0.412. The first-order chi connectivity index (χ1) is 19.9. The minimum Gasteiger partial charge on any atom is -0.495 e. The molecule has 0 saturated carbocycles. The molecule has 41 heavy (non-hydrogen) atoms. The van der Waals surface area contributed by atoms with Crippen molar-refractivity contribution in [3.05, 3.63) is 131 Å². The van der Waals surface area contributed by atoms with E-state index in [9.17, 15) is 0 Å². The van der Waals surface area contributed by atoms with Crippen LogP contribution in [0.4, 0.5) is 5.69 Å². The number of para-hydroxylation sites is 1. The fourth-order valence-corrected chi connectivity index (χ4v) is 6.06. The van der Waals surface area contributed by atoms with Gasteiger partial charge in [0.1, 0.15) is 17.2 Å². The smallest absolute Gasteiger partial charge is 0.174 e. The first kappa shape index (κ1) is 26.9. The van der Waals surface area contributed by atoms with Gasteiger partial charge in [0, 0.05) is 28.3 Å². The second-order valence-corrected chi connectivity index (χ2v) is 10.7. The highest BCUT2D eigenvalue weighted by Gasteiger charge is 2.42. The van der Waals surface area contributed by atoms with Crippen LogP contribution in [0.3, 0.4) is 0 Å². The van der Waals surface area contributed by atoms with Crippen molar-refractivity contribution in [1.82, 2.24) is 14.9 Å². The summed E-state index contributed by atoms with van der Waals surface area (Å²) in [4.78, 5) is 6.87. The maximum absolute atomic E-state index is 6.43. The van der Waals surface area contributed by atoms with E-state index in [-0.39, 0.29) is 12.1 Å². The van der Waals surface area contributed by atoms with E-state index in [1.165, 1.54) is 0 Å². The molecule has 1 fully saturated rings. The van der Waals surface area contributed by atoms with Crippen molar-refractivity contribution in [3.63, 3.8) is 0 Å². The Labute approximate surface area is 250 Å². The summed E-state index contributed by atoms with van der Waals surface area (Å²) in [5.74, 6) is 2.28. The van der Waals surface area contributed by atoms with Crippen molar-refractivity contribution in [2.75, 3.05) is 12.0 Å². The lowest BCUT2D eigenvalue weighted by atomic mass is 9.96. The monoisotopic (exact) mass is 580 g/mol. The number of halogens is 1. The quantitative estimate of drug-likeness (QED) is 0.196. The molecule has 0 amide bonds. The van der Waals surface area contributed by atoms with Crippen LogP contribution >= 0.6 is 23.8 Å². The van der Waals surface area contributed by atoms with Gasteiger partial charge in [0.2, 0.25) is 0 Å². The normalized spacial score (nSPS) is 16.5.